The number of nitrogens with one attached hydrogen (secondary N) is 12. The summed E-state index contributed by atoms with van der Waals surface area (Å²) in [5, 5.41) is 76.5. The molecule has 14 atom stereocenters. The van der Waals surface area contributed by atoms with Gasteiger partial charge in [-0.2, -0.15) is 0 Å². The predicted octanol–water partition coefficient (Wildman–Crippen LogP) is 1.30. The minimum atomic E-state index is -0.803. The number of nitrogens with two attached hydrogens (primary N) is 7. The molecule has 28 nitrogen and oxygen atoms in total. The Hall–Kier alpha value is -3.24. The fourth-order valence-electron chi connectivity index (χ4n) is 14.5. The lowest BCUT2D eigenvalue weighted by Gasteiger charge is -2.37. The van der Waals surface area contributed by atoms with Crippen molar-refractivity contribution in [1.82, 2.24) is 73.6 Å². The lowest BCUT2D eigenvalue weighted by atomic mass is 9.97. The van der Waals surface area contributed by atoms with Gasteiger partial charge in [0.15, 0.2) is 11.9 Å². The molecule has 2 saturated heterocycles. The molecule has 0 saturated carbocycles. The lowest BCUT2D eigenvalue weighted by molar-refractivity contribution is -0.138. The van der Waals surface area contributed by atoms with Gasteiger partial charge in [-0.3, -0.25) is 29.4 Å². The first-order valence-corrected chi connectivity index (χ1v) is 41.0. The molecule has 2 rings (SSSR count). The van der Waals surface area contributed by atoms with Crippen molar-refractivity contribution in [3.63, 3.8) is 0 Å². The van der Waals surface area contributed by atoms with E-state index in [2.05, 4.69) is 139 Å². The molecule has 2 heterocycles. The second-order valence-corrected chi connectivity index (χ2v) is 31.5. The van der Waals surface area contributed by atoms with Crippen molar-refractivity contribution in [3.8, 4) is 0 Å². The predicted molar refractivity (Wildman–Crippen MR) is 431 cm³/mol. The number of unbranched alkanes of at least 4 members (excludes halogenated alkanes) is 4. The number of aliphatic hydroxyl groups excluding tert-OH is 1. The molecule has 2 aliphatic heterocycles. The molecule has 0 amide bonds. The van der Waals surface area contributed by atoms with Crippen LogP contribution in [0.1, 0.15) is 204 Å². The Kier molecular flexibility index (Phi) is 56.4. The second-order valence-electron chi connectivity index (χ2n) is 31.5. The Morgan fingerprint density at radius 3 is 1.46 bits per heavy atom. The topological polar surface area (TPSA) is 453 Å². The van der Waals surface area contributed by atoms with Crippen molar-refractivity contribution in [2.45, 2.75) is 282 Å². The minimum Gasteiger partial charge on any atom is -0.481 e. The first-order valence-electron chi connectivity index (χ1n) is 41.0. The maximum atomic E-state index is 11.9. The van der Waals surface area contributed by atoms with E-state index >= 15 is 0 Å². The molecule has 0 bridgehead atoms. The van der Waals surface area contributed by atoms with Crippen molar-refractivity contribution >= 4 is 23.9 Å². The molecule has 2 aliphatic rings. The Morgan fingerprint density at radius 2 is 0.913 bits per heavy atom. The summed E-state index contributed by atoms with van der Waals surface area (Å²) < 4.78 is 0. The van der Waals surface area contributed by atoms with Gasteiger partial charge in [-0.05, 0) is 166 Å². The number of aliphatic imine (C=N–C) groups is 2. The molecule has 0 spiro atoms. The quantitative estimate of drug-likeness (QED) is 0.0232. The highest BCUT2D eigenvalue weighted by atomic mass is 16.4. The Morgan fingerprint density at radius 1 is 0.456 bits per heavy atom. The van der Waals surface area contributed by atoms with E-state index in [9.17, 15) is 24.9 Å². The fraction of sp³-hybridized carbons (Fsp3) is 0.947. The third kappa shape index (κ3) is 49.4. The Bertz CT molecular complexity index is 2100. The number of carbonyl (C=O) groups is 2. The zero-order chi connectivity index (χ0) is 76.0. The summed E-state index contributed by atoms with van der Waals surface area (Å²) >= 11 is 0. The van der Waals surface area contributed by atoms with Crippen LogP contribution in [0.25, 0.3) is 0 Å². The van der Waals surface area contributed by atoms with Gasteiger partial charge < -0.3 is 119 Å². The average molecular weight is 1470 g/mol. The summed E-state index contributed by atoms with van der Waals surface area (Å²) in [6.07, 6.45) is 19.5. The smallest absolute Gasteiger partial charge is 0.303 e. The number of hydrogen-bond donors (Lipinski definition) is 22. The third-order valence-corrected chi connectivity index (χ3v) is 21.0. The fourth-order valence-corrected chi connectivity index (χ4v) is 14.5. The molecule has 0 aromatic heterocycles. The standard InChI is InChI=1S/C75H163N23O5/c1-10-58(8)71(96-52-70(59(9)99)95-51-69(57(6)7)94-48-64(27-29-73(102)103)90-45-61(22-17-34-87-74(79)80)85-33-16-12-11-14-30-76)54-98-40-20-25-68(98)53-97-39-19-24-67(97)50-93-60(21-13-15-31-77)43-84-37-38-86-62(23-18-35-88-75(81)82)46-89-63(26-28-72(100)101)47-91-66(42-56(4)5)49-92-65(41-55(2)3)44-83-36-32-78/h55-71,83-86,89-96,99H,10-54,76-78H2,1-9H3,(H,100,101)(H,102,103)(H4,79,80,87)(H4,81,82,88). The molecule has 28 heteroatoms. The van der Waals surface area contributed by atoms with Crippen molar-refractivity contribution in [2.75, 3.05) is 151 Å². The molecule has 0 aliphatic carbocycles. The van der Waals surface area contributed by atoms with E-state index in [1.165, 1.54) is 25.7 Å². The van der Waals surface area contributed by atoms with Crippen molar-refractivity contribution in [3.05, 3.63) is 0 Å². The average Bonchev–Trinajstić information content (AvgIpc) is 1.72. The Balaban J connectivity index is 2.08. The summed E-state index contributed by atoms with van der Waals surface area (Å²) in [6, 6.07) is 2.30. The SMILES string of the molecule is CCC(C)C(CN1CCCC1CN1CCCC1CNC(CCCCN)CNCCNC(CCCN=C(N)N)CNC(CCC(=O)O)CNC(CNC(CNCCN)CC(C)C)CC(C)C)NCC(NCC(NCC(CCC(=O)O)NCC(CCCN=C(N)N)NCCCCCCN)C(C)C)C(C)O. The number of rotatable bonds is 71. The number of likely N-dealkylation sites (tertiary alicyclic amines) is 2. The molecule has 2 fully saturated rings. The first-order chi connectivity index (χ1) is 49.5. The second kappa shape index (κ2) is 60.6. The highest BCUT2D eigenvalue weighted by Crippen LogP contribution is 2.25. The number of nitrogens with zero attached hydrogens (tertiary/aromatic N) is 4. The zero-order valence-electron chi connectivity index (χ0n) is 66.6. The van der Waals surface area contributed by atoms with Crippen LogP contribution >= 0.6 is 0 Å². The molecule has 0 aromatic rings. The van der Waals surface area contributed by atoms with E-state index in [4.69, 9.17) is 40.1 Å². The number of hydrogen-bond acceptors (Lipinski definition) is 22. The van der Waals surface area contributed by atoms with Gasteiger partial charge in [0.1, 0.15) is 0 Å². The molecule has 29 N–H and O–H groups in total. The first kappa shape index (κ1) is 95.8. The largest absolute Gasteiger partial charge is 0.481 e. The maximum absolute atomic E-state index is 11.9. The van der Waals surface area contributed by atoms with Crippen LogP contribution in [0.3, 0.4) is 0 Å². The van der Waals surface area contributed by atoms with E-state index in [0.29, 0.717) is 126 Å². The van der Waals surface area contributed by atoms with Crippen LogP contribution in [0.15, 0.2) is 9.98 Å². The van der Waals surface area contributed by atoms with Crippen LogP contribution < -0.4 is 104 Å². The van der Waals surface area contributed by atoms with E-state index in [-0.39, 0.29) is 73.1 Å². The van der Waals surface area contributed by atoms with Gasteiger partial charge >= 0.3 is 11.9 Å². The maximum Gasteiger partial charge on any atom is 0.303 e. The third-order valence-electron chi connectivity index (χ3n) is 21.0. The van der Waals surface area contributed by atoms with Gasteiger partial charge in [0.05, 0.1) is 6.10 Å². The lowest BCUT2D eigenvalue weighted by Crippen LogP contribution is -2.56. The van der Waals surface area contributed by atoms with Crippen LogP contribution in [-0.4, -0.2) is 278 Å². The summed E-state index contributed by atoms with van der Waals surface area (Å²) in [5.41, 5.74) is 40.2. The van der Waals surface area contributed by atoms with Crippen LogP contribution in [0.5, 0.6) is 0 Å². The van der Waals surface area contributed by atoms with Crippen LogP contribution in [0, 0.1) is 23.7 Å². The van der Waals surface area contributed by atoms with Crippen molar-refractivity contribution < 1.29 is 24.9 Å². The van der Waals surface area contributed by atoms with Crippen LogP contribution in [-0.2, 0) is 9.59 Å². The molecular weight excluding hydrogens is 1300 g/mol. The Labute approximate surface area is 626 Å². The molecule has 14 unspecified atom stereocenters. The van der Waals surface area contributed by atoms with Gasteiger partial charge in [-0.1, -0.05) is 81.1 Å². The molecule has 0 radical (unpaired) electrons. The zero-order valence-corrected chi connectivity index (χ0v) is 66.6. The van der Waals surface area contributed by atoms with Gasteiger partial charge in [0, 0.05) is 203 Å². The monoisotopic (exact) mass is 1470 g/mol. The molecule has 0 aromatic carbocycles. The number of carboxylic acids is 2. The van der Waals surface area contributed by atoms with E-state index < -0.39 is 18.0 Å². The van der Waals surface area contributed by atoms with Gasteiger partial charge in [0.25, 0.3) is 0 Å². The van der Waals surface area contributed by atoms with Gasteiger partial charge in [-0.25, -0.2) is 0 Å². The van der Waals surface area contributed by atoms with Crippen molar-refractivity contribution in [1.29, 1.82) is 0 Å². The highest BCUT2D eigenvalue weighted by Gasteiger charge is 2.34. The molecule has 103 heavy (non-hydrogen) atoms. The number of guanidine groups is 2. The highest BCUT2D eigenvalue weighted by molar-refractivity contribution is 5.76. The van der Waals surface area contributed by atoms with E-state index in [1.807, 2.05) is 6.92 Å². The molecule has 608 valence electrons. The van der Waals surface area contributed by atoms with Gasteiger partial charge in [-0.15, -0.1) is 0 Å². The van der Waals surface area contributed by atoms with E-state index in [0.717, 1.165) is 175 Å². The van der Waals surface area contributed by atoms with Gasteiger partial charge in [0.2, 0.25) is 0 Å². The van der Waals surface area contributed by atoms with Crippen molar-refractivity contribution in [2.24, 2.45) is 73.8 Å². The normalized spacial score (nSPS) is 19.0. The molecular formula is C75H163N23O5. The van der Waals surface area contributed by atoms with Crippen LogP contribution in [0.4, 0.5) is 0 Å². The summed E-state index contributed by atoms with van der Waals surface area (Å²) in [6.45, 7) is 38.2. The number of aliphatic hydroxyl groups is 1. The summed E-state index contributed by atoms with van der Waals surface area (Å²) in [5.74, 6) is 0.407. The number of aliphatic carboxylic acids is 2. The van der Waals surface area contributed by atoms with Crippen LogP contribution in [0.2, 0.25) is 0 Å². The minimum absolute atomic E-state index is 0.0252. The van der Waals surface area contributed by atoms with E-state index in [1.54, 1.807) is 0 Å². The number of carboxylic acid groups (broad SMARTS) is 2. The summed E-state index contributed by atoms with van der Waals surface area (Å²) in [7, 11) is 0. The summed E-state index contributed by atoms with van der Waals surface area (Å²) in [4.78, 5) is 37.8.